The van der Waals surface area contributed by atoms with Gasteiger partial charge in [-0.3, -0.25) is 4.79 Å². The zero-order chi connectivity index (χ0) is 14.7. The molecule has 2 aromatic carbocycles. The van der Waals surface area contributed by atoms with E-state index in [1.54, 1.807) is 6.07 Å². The van der Waals surface area contributed by atoms with Crippen molar-refractivity contribution in [3.63, 3.8) is 0 Å². The van der Waals surface area contributed by atoms with Crippen LogP contribution in [0.1, 0.15) is 22.0 Å². The summed E-state index contributed by atoms with van der Waals surface area (Å²) in [5, 5.41) is 13.3. The van der Waals surface area contributed by atoms with E-state index in [1.165, 1.54) is 0 Å². The topological polar surface area (TPSA) is 65.1 Å². The third kappa shape index (κ3) is 2.66. The second-order valence-electron chi connectivity index (χ2n) is 4.86. The van der Waals surface area contributed by atoms with Crippen LogP contribution in [0.25, 0.3) is 10.9 Å². The van der Waals surface area contributed by atoms with Crippen LogP contribution in [-0.2, 0) is 0 Å². The van der Waals surface area contributed by atoms with E-state index in [9.17, 15) is 9.90 Å². The molecular formula is C17H16N2O2. The summed E-state index contributed by atoms with van der Waals surface area (Å²) in [6.07, 6.45) is 1.81. The third-order valence-corrected chi connectivity index (χ3v) is 3.53. The van der Waals surface area contributed by atoms with E-state index >= 15 is 0 Å². The average Bonchev–Trinajstić information content (AvgIpc) is 3.01. The molecule has 4 heteroatoms. The molecule has 3 N–H and O–H groups in total. The van der Waals surface area contributed by atoms with Gasteiger partial charge in [0.2, 0.25) is 0 Å². The number of hydrogen-bond donors (Lipinski definition) is 3. The number of fused-ring (bicyclic) bond motifs is 1. The van der Waals surface area contributed by atoms with E-state index in [0.717, 1.165) is 16.5 Å². The van der Waals surface area contributed by atoms with E-state index in [0.29, 0.717) is 5.56 Å². The molecule has 106 valence electrons. The van der Waals surface area contributed by atoms with Gasteiger partial charge in [-0.25, -0.2) is 0 Å². The van der Waals surface area contributed by atoms with Crippen molar-refractivity contribution in [2.75, 3.05) is 6.61 Å². The van der Waals surface area contributed by atoms with Gasteiger partial charge in [-0.05, 0) is 23.8 Å². The third-order valence-electron chi connectivity index (χ3n) is 3.53. The van der Waals surface area contributed by atoms with Crippen molar-refractivity contribution >= 4 is 16.8 Å². The van der Waals surface area contributed by atoms with Gasteiger partial charge >= 0.3 is 0 Å². The van der Waals surface area contributed by atoms with Crippen molar-refractivity contribution < 1.29 is 9.90 Å². The molecule has 0 aliphatic rings. The quantitative estimate of drug-likeness (QED) is 0.688. The number of nitrogens with one attached hydrogen (secondary N) is 2. The number of carbonyl (C=O) groups excluding carboxylic acids is 1. The second kappa shape index (κ2) is 5.81. The number of amides is 1. The van der Waals surface area contributed by atoms with E-state index in [-0.39, 0.29) is 12.5 Å². The van der Waals surface area contributed by atoms with Crippen molar-refractivity contribution in [2.45, 2.75) is 6.04 Å². The van der Waals surface area contributed by atoms with Crippen LogP contribution in [0, 0.1) is 0 Å². The lowest BCUT2D eigenvalue weighted by Gasteiger charge is -2.17. The monoisotopic (exact) mass is 280 g/mol. The molecule has 0 bridgehead atoms. The summed E-state index contributed by atoms with van der Waals surface area (Å²) in [6.45, 7) is -0.140. The lowest BCUT2D eigenvalue weighted by Crippen LogP contribution is -2.30. The Morgan fingerprint density at radius 2 is 1.90 bits per heavy atom. The van der Waals surface area contributed by atoms with E-state index < -0.39 is 6.04 Å². The Morgan fingerprint density at radius 3 is 2.67 bits per heavy atom. The van der Waals surface area contributed by atoms with Crippen LogP contribution in [0.3, 0.4) is 0 Å². The molecule has 1 atom stereocenters. The average molecular weight is 280 g/mol. The molecule has 1 aromatic heterocycles. The highest BCUT2D eigenvalue weighted by atomic mass is 16.3. The molecule has 0 aliphatic carbocycles. The molecule has 0 saturated carbocycles. The van der Waals surface area contributed by atoms with Crippen LogP contribution < -0.4 is 5.32 Å². The minimum atomic E-state index is -0.409. The number of aromatic amines is 1. The summed E-state index contributed by atoms with van der Waals surface area (Å²) in [6, 6.07) is 16.5. The molecule has 0 spiro atoms. The number of aliphatic hydroxyl groups is 1. The van der Waals surface area contributed by atoms with Gasteiger partial charge in [-0.2, -0.15) is 0 Å². The maximum atomic E-state index is 12.5. The Kier molecular flexibility index (Phi) is 3.71. The fourth-order valence-corrected chi connectivity index (χ4v) is 2.44. The zero-order valence-corrected chi connectivity index (χ0v) is 11.4. The van der Waals surface area contributed by atoms with Crippen LogP contribution in [-0.4, -0.2) is 22.6 Å². The smallest absolute Gasteiger partial charge is 0.252 e. The standard InChI is InChI=1S/C17H16N2O2/c20-11-16(12-5-2-1-3-6-12)19-17(21)14-7-4-8-15-13(14)9-10-18-15/h1-10,16,18,20H,11H2,(H,19,21). The second-order valence-corrected chi connectivity index (χ2v) is 4.86. The maximum Gasteiger partial charge on any atom is 0.252 e. The minimum Gasteiger partial charge on any atom is -0.394 e. The van der Waals surface area contributed by atoms with Gasteiger partial charge in [0.25, 0.3) is 5.91 Å². The number of aromatic nitrogens is 1. The van der Waals surface area contributed by atoms with Crippen LogP contribution >= 0.6 is 0 Å². The number of hydrogen-bond acceptors (Lipinski definition) is 2. The van der Waals surface area contributed by atoms with Crippen LogP contribution in [0.2, 0.25) is 0 Å². The summed E-state index contributed by atoms with van der Waals surface area (Å²) in [5.74, 6) is -0.192. The number of benzene rings is 2. The van der Waals surface area contributed by atoms with Crippen molar-refractivity contribution in [3.8, 4) is 0 Å². The van der Waals surface area contributed by atoms with E-state index in [1.807, 2.05) is 54.7 Å². The minimum absolute atomic E-state index is 0.140. The van der Waals surface area contributed by atoms with E-state index in [4.69, 9.17) is 0 Å². The summed E-state index contributed by atoms with van der Waals surface area (Å²) in [7, 11) is 0. The van der Waals surface area contributed by atoms with Crippen LogP contribution in [0.5, 0.6) is 0 Å². The highest BCUT2D eigenvalue weighted by Crippen LogP contribution is 2.19. The highest BCUT2D eigenvalue weighted by Gasteiger charge is 2.16. The molecule has 0 fully saturated rings. The molecule has 0 saturated heterocycles. The first-order valence-electron chi connectivity index (χ1n) is 6.82. The predicted octanol–water partition coefficient (Wildman–Crippen LogP) is 2.63. The lowest BCUT2D eigenvalue weighted by atomic mass is 10.1. The van der Waals surface area contributed by atoms with Gasteiger partial charge < -0.3 is 15.4 Å². The number of H-pyrrole nitrogens is 1. The number of carbonyl (C=O) groups is 1. The molecule has 0 aliphatic heterocycles. The predicted molar refractivity (Wildman–Crippen MR) is 82.0 cm³/mol. The van der Waals surface area contributed by atoms with Gasteiger partial charge in [0.05, 0.1) is 12.6 Å². The largest absolute Gasteiger partial charge is 0.394 e. The normalized spacial score (nSPS) is 12.2. The first-order valence-corrected chi connectivity index (χ1v) is 6.82. The molecule has 1 unspecified atom stereocenters. The van der Waals surface area contributed by atoms with Crippen LogP contribution in [0.4, 0.5) is 0 Å². The van der Waals surface area contributed by atoms with Gasteiger partial charge in [-0.15, -0.1) is 0 Å². The van der Waals surface area contributed by atoms with Gasteiger partial charge in [0, 0.05) is 22.7 Å². The number of rotatable bonds is 4. The van der Waals surface area contributed by atoms with E-state index in [2.05, 4.69) is 10.3 Å². The van der Waals surface area contributed by atoms with Crippen molar-refractivity contribution in [1.29, 1.82) is 0 Å². The summed E-state index contributed by atoms with van der Waals surface area (Å²) < 4.78 is 0. The molecule has 21 heavy (non-hydrogen) atoms. The van der Waals surface area contributed by atoms with Crippen molar-refractivity contribution in [3.05, 3.63) is 71.9 Å². The first kappa shape index (κ1) is 13.4. The number of aliphatic hydroxyl groups excluding tert-OH is 1. The van der Waals surface area contributed by atoms with Crippen molar-refractivity contribution in [2.24, 2.45) is 0 Å². The fraction of sp³-hybridized carbons (Fsp3) is 0.118. The Labute approximate surface area is 122 Å². The van der Waals surface area contributed by atoms with Crippen LogP contribution in [0.15, 0.2) is 60.8 Å². The summed E-state index contributed by atoms with van der Waals surface area (Å²) in [5.41, 5.74) is 2.40. The van der Waals surface area contributed by atoms with Gasteiger partial charge in [-0.1, -0.05) is 36.4 Å². The molecule has 0 radical (unpaired) electrons. The highest BCUT2D eigenvalue weighted by molar-refractivity contribution is 6.06. The Hall–Kier alpha value is -2.59. The molecule has 3 aromatic rings. The first-order chi connectivity index (χ1) is 10.3. The summed E-state index contributed by atoms with van der Waals surface area (Å²) in [4.78, 5) is 15.5. The van der Waals surface area contributed by atoms with Gasteiger partial charge in [0.15, 0.2) is 0 Å². The SMILES string of the molecule is O=C(NC(CO)c1ccccc1)c1cccc2[nH]ccc12. The lowest BCUT2D eigenvalue weighted by molar-refractivity contribution is 0.0918. The molecule has 1 heterocycles. The molecule has 3 rings (SSSR count). The molecular weight excluding hydrogens is 264 g/mol. The Morgan fingerprint density at radius 1 is 1.10 bits per heavy atom. The molecule has 4 nitrogen and oxygen atoms in total. The fourth-order valence-electron chi connectivity index (χ4n) is 2.44. The summed E-state index contributed by atoms with van der Waals surface area (Å²) >= 11 is 0. The Balaban J connectivity index is 1.87. The Bertz CT molecular complexity index is 750. The van der Waals surface area contributed by atoms with Gasteiger partial charge in [0.1, 0.15) is 0 Å². The maximum absolute atomic E-state index is 12.5. The van der Waals surface area contributed by atoms with Crippen molar-refractivity contribution in [1.82, 2.24) is 10.3 Å². The molecule has 1 amide bonds. The zero-order valence-electron chi connectivity index (χ0n) is 11.4.